The second kappa shape index (κ2) is 6.42. The largest absolute Gasteiger partial charge is 0.351 e. The zero-order valence-corrected chi connectivity index (χ0v) is 15.3. The first-order valence-electron chi connectivity index (χ1n) is 7.84. The fourth-order valence-corrected chi connectivity index (χ4v) is 4.42. The lowest BCUT2D eigenvalue weighted by atomic mass is 10.3. The van der Waals surface area contributed by atoms with Crippen molar-refractivity contribution in [3.8, 4) is 0 Å². The van der Waals surface area contributed by atoms with Crippen LogP contribution < -0.4 is 0 Å². The van der Waals surface area contributed by atoms with Crippen LogP contribution in [-0.4, -0.2) is 57.1 Å². The molecule has 0 bridgehead atoms. The van der Waals surface area contributed by atoms with Gasteiger partial charge >= 0.3 is 0 Å². The third-order valence-electron chi connectivity index (χ3n) is 4.25. The highest BCUT2D eigenvalue weighted by atomic mass is 35.5. The topological polar surface area (TPSA) is 73.2 Å². The first-order chi connectivity index (χ1) is 11.6. The van der Waals surface area contributed by atoms with Gasteiger partial charge in [0.1, 0.15) is 5.82 Å². The highest BCUT2D eigenvalue weighted by Crippen LogP contribution is 2.38. The van der Waals surface area contributed by atoms with E-state index in [9.17, 15) is 4.79 Å². The molecule has 0 spiro atoms. The van der Waals surface area contributed by atoms with Gasteiger partial charge in [-0.25, -0.2) is 4.98 Å². The van der Waals surface area contributed by atoms with Crippen LogP contribution in [0.4, 0.5) is 0 Å². The number of piperazine rings is 1. The number of carbonyl (C=O) groups excluding carboxylic acids is 1. The van der Waals surface area contributed by atoms with E-state index in [1.165, 1.54) is 22.9 Å². The Morgan fingerprint density at radius 2 is 1.92 bits per heavy atom. The SMILES string of the molecule is N=C(c1nc(C2CC2)ns1)N1CCN(C(=O)c2ccc(Cl)s2)CC1. The van der Waals surface area contributed by atoms with Crippen molar-refractivity contribution >= 4 is 46.2 Å². The van der Waals surface area contributed by atoms with E-state index in [2.05, 4.69) is 9.36 Å². The van der Waals surface area contributed by atoms with Crippen LogP contribution in [0.3, 0.4) is 0 Å². The average Bonchev–Trinajstić information content (AvgIpc) is 3.17. The van der Waals surface area contributed by atoms with Gasteiger partial charge in [0.25, 0.3) is 5.91 Å². The monoisotopic (exact) mass is 381 g/mol. The summed E-state index contributed by atoms with van der Waals surface area (Å²) < 4.78 is 4.99. The van der Waals surface area contributed by atoms with Gasteiger partial charge in [0.15, 0.2) is 10.8 Å². The summed E-state index contributed by atoms with van der Waals surface area (Å²) in [4.78, 5) is 21.4. The smallest absolute Gasteiger partial charge is 0.264 e. The quantitative estimate of drug-likeness (QED) is 0.655. The van der Waals surface area contributed by atoms with Crippen molar-refractivity contribution in [2.45, 2.75) is 18.8 Å². The summed E-state index contributed by atoms with van der Waals surface area (Å²) in [6, 6.07) is 3.52. The lowest BCUT2D eigenvalue weighted by Gasteiger charge is -2.35. The molecule has 0 atom stereocenters. The Labute approximate surface area is 152 Å². The highest BCUT2D eigenvalue weighted by molar-refractivity contribution is 7.18. The zero-order valence-electron chi connectivity index (χ0n) is 12.9. The van der Waals surface area contributed by atoms with E-state index < -0.39 is 0 Å². The van der Waals surface area contributed by atoms with Crippen LogP contribution in [0.15, 0.2) is 12.1 Å². The summed E-state index contributed by atoms with van der Waals surface area (Å²) in [6.07, 6.45) is 2.33. The summed E-state index contributed by atoms with van der Waals surface area (Å²) in [7, 11) is 0. The van der Waals surface area contributed by atoms with Gasteiger partial charge in [-0.1, -0.05) is 11.6 Å². The number of amides is 1. The molecule has 1 amide bonds. The van der Waals surface area contributed by atoms with E-state index in [1.807, 2.05) is 9.80 Å². The molecule has 6 nitrogen and oxygen atoms in total. The van der Waals surface area contributed by atoms with E-state index in [1.54, 1.807) is 12.1 Å². The Bertz CT molecular complexity index is 776. The predicted octanol–water partition coefficient (Wildman–Crippen LogP) is 2.91. The van der Waals surface area contributed by atoms with Crippen LogP contribution in [0.25, 0.3) is 0 Å². The molecule has 126 valence electrons. The normalized spacial score (nSPS) is 18.0. The van der Waals surface area contributed by atoms with Crippen LogP contribution in [0.5, 0.6) is 0 Å². The molecule has 2 aromatic rings. The molecule has 1 saturated heterocycles. The van der Waals surface area contributed by atoms with Crippen LogP contribution in [0.1, 0.15) is 39.3 Å². The standard InChI is InChI=1S/C15H16ClN5OS2/c16-11-4-3-10(23-11)15(22)21-7-5-20(6-8-21)12(17)14-18-13(19-24-14)9-1-2-9/h3-4,9,17H,1-2,5-8H2. The molecule has 2 aromatic heterocycles. The maximum Gasteiger partial charge on any atom is 0.264 e. The molecule has 24 heavy (non-hydrogen) atoms. The van der Waals surface area contributed by atoms with Crippen LogP contribution >= 0.6 is 34.5 Å². The van der Waals surface area contributed by atoms with Gasteiger partial charge in [-0.3, -0.25) is 10.2 Å². The molecule has 9 heteroatoms. The van der Waals surface area contributed by atoms with E-state index in [0.717, 1.165) is 18.7 Å². The molecule has 2 fully saturated rings. The highest BCUT2D eigenvalue weighted by Gasteiger charge is 2.30. The van der Waals surface area contributed by atoms with E-state index in [-0.39, 0.29) is 5.91 Å². The molecular formula is C15H16ClN5OS2. The Kier molecular flexibility index (Phi) is 4.28. The van der Waals surface area contributed by atoms with Crippen LogP contribution in [0, 0.1) is 5.41 Å². The molecule has 1 N–H and O–H groups in total. The van der Waals surface area contributed by atoms with Gasteiger partial charge in [-0.15, -0.1) is 11.3 Å². The first-order valence-corrected chi connectivity index (χ1v) is 9.80. The Hall–Kier alpha value is -1.51. The molecule has 0 unspecified atom stereocenters. The first kappa shape index (κ1) is 16.0. The minimum absolute atomic E-state index is 0.0185. The third kappa shape index (κ3) is 3.18. The lowest BCUT2D eigenvalue weighted by Crippen LogP contribution is -2.50. The fraction of sp³-hybridized carbons (Fsp3) is 0.467. The summed E-state index contributed by atoms with van der Waals surface area (Å²) in [5.74, 6) is 1.84. The van der Waals surface area contributed by atoms with Gasteiger partial charge in [0, 0.05) is 32.1 Å². The van der Waals surface area contributed by atoms with Crippen molar-refractivity contribution in [1.29, 1.82) is 5.41 Å². The molecule has 1 saturated carbocycles. The van der Waals surface area contributed by atoms with E-state index in [4.69, 9.17) is 17.0 Å². The molecule has 4 rings (SSSR count). The Morgan fingerprint density at radius 3 is 2.54 bits per heavy atom. The average molecular weight is 382 g/mol. The second-order valence-corrected chi connectivity index (χ2v) is 8.43. The maximum atomic E-state index is 12.4. The number of thiophene rings is 1. The number of hydrogen-bond acceptors (Lipinski definition) is 6. The third-order valence-corrected chi connectivity index (χ3v) is 6.21. The van der Waals surface area contributed by atoms with Crippen LogP contribution in [-0.2, 0) is 0 Å². The van der Waals surface area contributed by atoms with Gasteiger partial charge in [0.2, 0.25) is 0 Å². The number of carbonyl (C=O) groups is 1. The summed E-state index contributed by atoms with van der Waals surface area (Å²) in [5, 5.41) is 9.04. The molecule has 0 aromatic carbocycles. The minimum Gasteiger partial charge on any atom is -0.351 e. The number of rotatable bonds is 3. The maximum absolute atomic E-state index is 12.4. The lowest BCUT2D eigenvalue weighted by molar-refractivity contribution is 0.0696. The second-order valence-electron chi connectivity index (χ2n) is 5.96. The number of halogens is 1. The Balaban J connectivity index is 1.36. The zero-order chi connectivity index (χ0) is 16.7. The van der Waals surface area contributed by atoms with Crippen molar-refractivity contribution < 1.29 is 4.79 Å². The van der Waals surface area contributed by atoms with E-state index in [0.29, 0.717) is 52.2 Å². The molecule has 2 aliphatic rings. The van der Waals surface area contributed by atoms with Gasteiger partial charge in [-0.2, -0.15) is 4.37 Å². The molecule has 1 aliphatic carbocycles. The van der Waals surface area contributed by atoms with Crippen molar-refractivity contribution in [3.63, 3.8) is 0 Å². The number of hydrogen-bond donors (Lipinski definition) is 1. The number of nitrogens with zero attached hydrogens (tertiary/aromatic N) is 4. The summed E-state index contributed by atoms with van der Waals surface area (Å²) in [6.45, 7) is 2.49. The minimum atomic E-state index is 0.0185. The van der Waals surface area contributed by atoms with Gasteiger partial charge < -0.3 is 9.80 Å². The van der Waals surface area contributed by atoms with Gasteiger partial charge in [0.05, 0.1) is 9.21 Å². The summed E-state index contributed by atoms with van der Waals surface area (Å²) >= 11 is 8.52. The molecule has 0 radical (unpaired) electrons. The molecule has 3 heterocycles. The van der Waals surface area contributed by atoms with Crippen molar-refractivity contribution in [1.82, 2.24) is 19.2 Å². The molecular weight excluding hydrogens is 366 g/mol. The predicted molar refractivity (Wildman–Crippen MR) is 95.5 cm³/mol. The number of amidine groups is 1. The van der Waals surface area contributed by atoms with Crippen molar-refractivity contribution in [2.75, 3.05) is 26.2 Å². The number of nitrogens with one attached hydrogen (secondary N) is 1. The fourth-order valence-electron chi connectivity index (χ4n) is 2.69. The van der Waals surface area contributed by atoms with Crippen molar-refractivity contribution in [3.05, 3.63) is 32.2 Å². The summed E-state index contributed by atoms with van der Waals surface area (Å²) in [5.41, 5.74) is 0. The Morgan fingerprint density at radius 1 is 1.21 bits per heavy atom. The number of aromatic nitrogens is 2. The van der Waals surface area contributed by atoms with Gasteiger partial charge in [-0.05, 0) is 36.5 Å². The molecule has 1 aliphatic heterocycles. The van der Waals surface area contributed by atoms with Crippen LogP contribution in [0.2, 0.25) is 4.34 Å². The van der Waals surface area contributed by atoms with Crippen molar-refractivity contribution in [2.24, 2.45) is 0 Å². The van der Waals surface area contributed by atoms with E-state index >= 15 is 0 Å².